The summed E-state index contributed by atoms with van der Waals surface area (Å²) in [5, 5.41) is 3.34. The fourth-order valence-electron chi connectivity index (χ4n) is 2.21. The molecule has 0 saturated carbocycles. The van der Waals surface area contributed by atoms with Gasteiger partial charge >= 0.3 is 0 Å². The third-order valence-electron chi connectivity index (χ3n) is 3.23. The molecule has 1 aliphatic rings. The average Bonchev–Trinajstić information content (AvgIpc) is 2.34. The SMILES string of the molecule is CCCN(CCN(C)C)C(=O)C1CCCCN1. The van der Waals surface area contributed by atoms with Crippen molar-refractivity contribution in [2.45, 2.75) is 38.6 Å². The highest BCUT2D eigenvalue weighted by Gasteiger charge is 2.24. The first-order chi connectivity index (χ1) is 8.15. The average molecular weight is 241 g/mol. The molecule has 4 heteroatoms. The van der Waals surface area contributed by atoms with Crippen LogP contribution in [0.25, 0.3) is 0 Å². The molecular weight excluding hydrogens is 214 g/mol. The molecule has 1 amide bonds. The van der Waals surface area contributed by atoms with Crippen molar-refractivity contribution >= 4 is 5.91 Å². The summed E-state index contributed by atoms with van der Waals surface area (Å²) in [6.45, 7) is 5.79. The van der Waals surface area contributed by atoms with E-state index in [0.29, 0.717) is 5.91 Å². The Balaban J connectivity index is 2.46. The topological polar surface area (TPSA) is 35.6 Å². The van der Waals surface area contributed by atoms with Gasteiger partial charge in [0.15, 0.2) is 0 Å². The van der Waals surface area contributed by atoms with Crippen LogP contribution < -0.4 is 5.32 Å². The quantitative estimate of drug-likeness (QED) is 0.751. The Morgan fingerprint density at radius 3 is 2.53 bits per heavy atom. The molecule has 1 saturated heterocycles. The third kappa shape index (κ3) is 5.04. The number of likely N-dealkylation sites (N-methyl/N-ethyl adjacent to an activating group) is 1. The molecule has 1 unspecified atom stereocenters. The normalized spacial score (nSPS) is 20.6. The van der Waals surface area contributed by atoms with Crippen LogP contribution in [0.4, 0.5) is 0 Å². The molecule has 1 atom stereocenters. The van der Waals surface area contributed by atoms with E-state index in [9.17, 15) is 4.79 Å². The lowest BCUT2D eigenvalue weighted by Gasteiger charge is -2.30. The molecule has 1 fully saturated rings. The molecule has 100 valence electrons. The number of amides is 1. The van der Waals surface area contributed by atoms with Gasteiger partial charge in [-0.05, 0) is 39.9 Å². The third-order valence-corrected chi connectivity index (χ3v) is 3.23. The lowest BCUT2D eigenvalue weighted by Crippen LogP contribution is -2.50. The molecular formula is C13H27N3O. The minimum atomic E-state index is 0.0671. The molecule has 0 aliphatic carbocycles. The predicted molar refractivity (Wildman–Crippen MR) is 71.1 cm³/mol. The summed E-state index contributed by atoms with van der Waals surface area (Å²) in [4.78, 5) is 16.5. The van der Waals surface area contributed by atoms with Crippen molar-refractivity contribution in [2.75, 3.05) is 40.3 Å². The second kappa shape index (κ2) is 7.67. The standard InChI is InChI=1S/C13H27N3O/c1-4-9-16(11-10-15(2)3)13(17)12-7-5-6-8-14-12/h12,14H,4-11H2,1-3H3. The largest absolute Gasteiger partial charge is 0.340 e. The molecule has 1 N–H and O–H groups in total. The molecule has 0 spiro atoms. The van der Waals surface area contributed by atoms with Crippen LogP contribution in [0.1, 0.15) is 32.6 Å². The van der Waals surface area contributed by atoms with Gasteiger partial charge in [-0.2, -0.15) is 0 Å². The number of carbonyl (C=O) groups excluding carboxylic acids is 1. The zero-order valence-electron chi connectivity index (χ0n) is 11.5. The van der Waals surface area contributed by atoms with E-state index >= 15 is 0 Å². The molecule has 0 radical (unpaired) electrons. The minimum absolute atomic E-state index is 0.0671. The second-order valence-electron chi connectivity index (χ2n) is 5.13. The van der Waals surface area contributed by atoms with Crippen molar-refractivity contribution in [3.63, 3.8) is 0 Å². The van der Waals surface area contributed by atoms with Crippen LogP contribution in [0, 0.1) is 0 Å². The maximum absolute atomic E-state index is 12.3. The Morgan fingerprint density at radius 1 is 1.24 bits per heavy atom. The Labute approximate surface area is 105 Å². The van der Waals surface area contributed by atoms with Crippen molar-refractivity contribution in [1.82, 2.24) is 15.1 Å². The van der Waals surface area contributed by atoms with Gasteiger partial charge in [0.2, 0.25) is 5.91 Å². The maximum Gasteiger partial charge on any atom is 0.239 e. The predicted octanol–water partition coefficient (Wildman–Crippen LogP) is 0.929. The number of hydrogen-bond donors (Lipinski definition) is 1. The van der Waals surface area contributed by atoms with E-state index in [1.807, 2.05) is 19.0 Å². The van der Waals surface area contributed by atoms with E-state index in [-0.39, 0.29) is 6.04 Å². The van der Waals surface area contributed by atoms with Crippen LogP contribution in [0.15, 0.2) is 0 Å². The Hall–Kier alpha value is -0.610. The van der Waals surface area contributed by atoms with Gasteiger partial charge in [0.05, 0.1) is 6.04 Å². The van der Waals surface area contributed by atoms with Gasteiger partial charge in [-0.15, -0.1) is 0 Å². The number of nitrogens with zero attached hydrogens (tertiary/aromatic N) is 2. The monoisotopic (exact) mass is 241 g/mol. The fourth-order valence-corrected chi connectivity index (χ4v) is 2.21. The molecule has 1 aliphatic heterocycles. The first-order valence-corrected chi connectivity index (χ1v) is 6.82. The molecule has 0 bridgehead atoms. The van der Waals surface area contributed by atoms with Crippen LogP contribution in [0.3, 0.4) is 0 Å². The highest BCUT2D eigenvalue weighted by atomic mass is 16.2. The van der Waals surface area contributed by atoms with Gasteiger partial charge in [-0.1, -0.05) is 13.3 Å². The van der Waals surface area contributed by atoms with E-state index in [4.69, 9.17) is 0 Å². The smallest absolute Gasteiger partial charge is 0.239 e. The number of rotatable bonds is 6. The van der Waals surface area contributed by atoms with Crippen molar-refractivity contribution in [2.24, 2.45) is 0 Å². The molecule has 0 aromatic rings. The fraction of sp³-hybridized carbons (Fsp3) is 0.923. The molecule has 1 rings (SSSR count). The maximum atomic E-state index is 12.3. The van der Waals surface area contributed by atoms with Crippen molar-refractivity contribution in [1.29, 1.82) is 0 Å². The highest BCUT2D eigenvalue weighted by molar-refractivity contribution is 5.82. The zero-order chi connectivity index (χ0) is 12.7. The van der Waals surface area contributed by atoms with Crippen LogP contribution in [-0.4, -0.2) is 62.0 Å². The van der Waals surface area contributed by atoms with Crippen molar-refractivity contribution in [3.8, 4) is 0 Å². The van der Waals surface area contributed by atoms with E-state index in [1.54, 1.807) is 0 Å². The summed E-state index contributed by atoms with van der Waals surface area (Å²) in [6, 6.07) is 0.0671. The van der Waals surface area contributed by atoms with Gasteiger partial charge < -0.3 is 15.1 Å². The second-order valence-corrected chi connectivity index (χ2v) is 5.13. The lowest BCUT2D eigenvalue weighted by atomic mass is 10.0. The van der Waals surface area contributed by atoms with Crippen molar-refractivity contribution < 1.29 is 4.79 Å². The summed E-state index contributed by atoms with van der Waals surface area (Å²) in [7, 11) is 4.10. The summed E-state index contributed by atoms with van der Waals surface area (Å²) in [5.41, 5.74) is 0. The van der Waals surface area contributed by atoms with Crippen LogP contribution in [-0.2, 0) is 4.79 Å². The van der Waals surface area contributed by atoms with Gasteiger partial charge in [0.1, 0.15) is 0 Å². The summed E-state index contributed by atoms with van der Waals surface area (Å²) in [6.07, 6.45) is 4.42. The molecule has 4 nitrogen and oxygen atoms in total. The summed E-state index contributed by atoms with van der Waals surface area (Å²) in [5.74, 6) is 0.299. The van der Waals surface area contributed by atoms with E-state index in [1.165, 1.54) is 12.8 Å². The molecule has 1 heterocycles. The van der Waals surface area contributed by atoms with Crippen LogP contribution in [0.5, 0.6) is 0 Å². The Bertz CT molecular complexity index is 225. The van der Waals surface area contributed by atoms with Gasteiger partial charge in [0.25, 0.3) is 0 Å². The zero-order valence-corrected chi connectivity index (χ0v) is 11.5. The Kier molecular flexibility index (Phi) is 6.52. The van der Waals surface area contributed by atoms with E-state index in [2.05, 4.69) is 17.1 Å². The number of carbonyl (C=O) groups is 1. The van der Waals surface area contributed by atoms with Crippen molar-refractivity contribution in [3.05, 3.63) is 0 Å². The molecule has 0 aromatic heterocycles. The highest BCUT2D eigenvalue weighted by Crippen LogP contribution is 2.10. The lowest BCUT2D eigenvalue weighted by molar-refractivity contribution is -0.134. The molecule has 17 heavy (non-hydrogen) atoms. The summed E-state index contributed by atoms with van der Waals surface area (Å²) < 4.78 is 0. The Morgan fingerprint density at radius 2 is 2.00 bits per heavy atom. The van der Waals surface area contributed by atoms with Gasteiger partial charge in [-0.25, -0.2) is 0 Å². The first kappa shape index (κ1) is 14.5. The van der Waals surface area contributed by atoms with E-state index < -0.39 is 0 Å². The van der Waals surface area contributed by atoms with Crippen LogP contribution >= 0.6 is 0 Å². The molecule has 0 aromatic carbocycles. The minimum Gasteiger partial charge on any atom is -0.340 e. The number of nitrogens with one attached hydrogen (secondary N) is 1. The van der Waals surface area contributed by atoms with Gasteiger partial charge in [-0.3, -0.25) is 4.79 Å². The van der Waals surface area contributed by atoms with Gasteiger partial charge in [0, 0.05) is 19.6 Å². The summed E-state index contributed by atoms with van der Waals surface area (Å²) >= 11 is 0. The first-order valence-electron chi connectivity index (χ1n) is 6.82. The van der Waals surface area contributed by atoms with Crippen LogP contribution in [0.2, 0.25) is 0 Å². The van der Waals surface area contributed by atoms with E-state index in [0.717, 1.165) is 39.0 Å². The number of hydrogen-bond acceptors (Lipinski definition) is 3. The number of piperidine rings is 1.